The lowest BCUT2D eigenvalue weighted by atomic mass is 10.1. The number of nitrogens with zero attached hydrogens (tertiary/aromatic N) is 2. The van der Waals surface area contributed by atoms with Crippen LogP contribution < -0.4 is 10.5 Å². The largest absolute Gasteiger partial charge is 0.495 e. The van der Waals surface area contributed by atoms with Gasteiger partial charge in [0.25, 0.3) is 0 Å². The molecule has 0 spiro atoms. The van der Waals surface area contributed by atoms with E-state index < -0.39 is 0 Å². The van der Waals surface area contributed by atoms with Crippen LogP contribution in [-0.2, 0) is 6.42 Å². The topological polar surface area (TPSA) is 61.0 Å². The van der Waals surface area contributed by atoms with E-state index in [-0.39, 0.29) is 6.04 Å². The molecular formula is C12H15N3OS. The number of aryl methyl sites for hydroxylation is 1. The van der Waals surface area contributed by atoms with Gasteiger partial charge >= 0.3 is 0 Å². The van der Waals surface area contributed by atoms with Crippen LogP contribution in [0.15, 0.2) is 23.7 Å². The van der Waals surface area contributed by atoms with E-state index >= 15 is 0 Å². The molecule has 5 heteroatoms. The molecule has 0 aliphatic heterocycles. The molecule has 2 N–H and O–H groups in total. The third-order valence-corrected chi connectivity index (χ3v) is 3.29. The monoisotopic (exact) mass is 249 g/mol. The Labute approximate surface area is 104 Å². The van der Waals surface area contributed by atoms with E-state index in [1.165, 1.54) is 0 Å². The Morgan fingerprint density at radius 1 is 1.53 bits per heavy atom. The number of aromatic nitrogens is 2. The zero-order valence-electron chi connectivity index (χ0n) is 9.88. The first kappa shape index (κ1) is 12.0. The third-order valence-electron chi connectivity index (χ3n) is 2.47. The number of hydrogen-bond acceptors (Lipinski definition) is 5. The van der Waals surface area contributed by atoms with Gasteiger partial charge in [0, 0.05) is 18.0 Å². The fourth-order valence-electron chi connectivity index (χ4n) is 1.68. The van der Waals surface area contributed by atoms with Crippen molar-refractivity contribution in [2.24, 2.45) is 5.73 Å². The summed E-state index contributed by atoms with van der Waals surface area (Å²) >= 11 is 1.63. The van der Waals surface area contributed by atoms with E-state index in [1.54, 1.807) is 24.6 Å². The van der Waals surface area contributed by atoms with Crippen LogP contribution in [0.2, 0.25) is 0 Å². The lowest BCUT2D eigenvalue weighted by molar-refractivity contribution is 0.401. The molecule has 0 radical (unpaired) electrons. The van der Waals surface area contributed by atoms with Crippen LogP contribution >= 0.6 is 11.3 Å². The van der Waals surface area contributed by atoms with Crippen LogP contribution in [0.1, 0.15) is 22.4 Å². The summed E-state index contributed by atoms with van der Waals surface area (Å²) in [4.78, 5) is 8.68. The highest BCUT2D eigenvalue weighted by molar-refractivity contribution is 7.09. The molecule has 2 rings (SSSR count). The van der Waals surface area contributed by atoms with Gasteiger partial charge in [-0.3, -0.25) is 4.98 Å². The smallest absolute Gasteiger partial charge is 0.141 e. The normalized spacial score (nSPS) is 12.4. The first-order valence-corrected chi connectivity index (χ1v) is 6.24. The fourth-order valence-corrected chi connectivity index (χ4v) is 2.30. The minimum absolute atomic E-state index is 0.187. The summed E-state index contributed by atoms with van der Waals surface area (Å²) in [7, 11) is 1.63. The van der Waals surface area contributed by atoms with Crippen LogP contribution in [0.25, 0.3) is 0 Å². The molecule has 17 heavy (non-hydrogen) atoms. The summed E-state index contributed by atoms with van der Waals surface area (Å²) in [5.41, 5.74) is 7.92. The maximum atomic E-state index is 6.13. The lowest BCUT2D eigenvalue weighted by Crippen LogP contribution is -2.16. The Bertz CT molecular complexity index is 498. The lowest BCUT2D eigenvalue weighted by Gasteiger charge is -2.13. The SMILES string of the molecule is COc1cccnc1C(N)Cc1csc(C)n1. The maximum absolute atomic E-state index is 6.13. The molecule has 2 aromatic heterocycles. The van der Waals surface area contributed by atoms with Crippen LogP contribution in [0.4, 0.5) is 0 Å². The van der Waals surface area contributed by atoms with Crippen molar-refractivity contribution in [3.63, 3.8) is 0 Å². The number of rotatable bonds is 4. The van der Waals surface area contributed by atoms with Gasteiger partial charge < -0.3 is 10.5 Å². The van der Waals surface area contributed by atoms with Gasteiger partial charge in [0.2, 0.25) is 0 Å². The van der Waals surface area contributed by atoms with Gasteiger partial charge in [-0.15, -0.1) is 11.3 Å². The van der Waals surface area contributed by atoms with Crippen molar-refractivity contribution in [1.82, 2.24) is 9.97 Å². The van der Waals surface area contributed by atoms with Gasteiger partial charge in [0.1, 0.15) is 5.75 Å². The Morgan fingerprint density at radius 3 is 3.00 bits per heavy atom. The number of hydrogen-bond donors (Lipinski definition) is 1. The highest BCUT2D eigenvalue weighted by Crippen LogP contribution is 2.23. The molecule has 0 saturated carbocycles. The van der Waals surface area contributed by atoms with Gasteiger partial charge in [0.05, 0.1) is 29.5 Å². The minimum Gasteiger partial charge on any atom is -0.495 e. The summed E-state index contributed by atoms with van der Waals surface area (Å²) in [6, 6.07) is 3.52. The van der Waals surface area contributed by atoms with E-state index in [0.717, 1.165) is 22.1 Å². The molecule has 0 aromatic carbocycles. The first-order chi connectivity index (χ1) is 8.20. The number of thiazole rings is 1. The van der Waals surface area contributed by atoms with E-state index in [4.69, 9.17) is 10.5 Å². The molecule has 2 heterocycles. The maximum Gasteiger partial charge on any atom is 0.141 e. The standard InChI is InChI=1S/C12H15N3OS/c1-8-15-9(7-17-8)6-10(13)12-11(16-2)4-3-5-14-12/h3-5,7,10H,6,13H2,1-2H3. The first-order valence-electron chi connectivity index (χ1n) is 5.36. The van der Waals surface area contributed by atoms with Crippen LogP contribution in [0.3, 0.4) is 0 Å². The van der Waals surface area contributed by atoms with Crippen LogP contribution in [-0.4, -0.2) is 17.1 Å². The second kappa shape index (κ2) is 5.25. The Hall–Kier alpha value is -1.46. The summed E-state index contributed by atoms with van der Waals surface area (Å²) in [5, 5.41) is 3.09. The van der Waals surface area contributed by atoms with E-state index in [0.29, 0.717) is 6.42 Å². The van der Waals surface area contributed by atoms with Gasteiger partial charge in [-0.1, -0.05) is 0 Å². The summed E-state index contributed by atoms with van der Waals surface area (Å²) in [6.45, 7) is 1.99. The van der Waals surface area contributed by atoms with Crippen LogP contribution in [0, 0.1) is 6.92 Å². The summed E-state index contributed by atoms with van der Waals surface area (Å²) in [5.74, 6) is 0.729. The van der Waals surface area contributed by atoms with E-state index in [2.05, 4.69) is 9.97 Å². The Balaban J connectivity index is 2.16. The predicted molar refractivity (Wildman–Crippen MR) is 68.3 cm³/mol. The minimum atomic E-state index is -0.187. The van der Waals surface area contributed by atoms with Crippen molar-refractivity contribution in [3.05, 3.63) is 40.1 Å². The van der Waals surface area contributed by atoms with E-state index in [9.17, 15) is 0 Å². The molecular weight excluding hydrogens is 234 g/mol. The average molecular weight is 249 g/mol. The van der Waals surface area contributed by atoms with Crippen molar-refractivity contribution in [1.29, 1.82) is 0 Å². The van der Waals surface area contributed by atoms with Gasteiger partial charge in [0.15, 0.2) is 0 Å². The Kier molecular flexibility index (Phi) is 3.71. The molecule has 0 saturated heterocycles. The summed E-state index contributed by atoms with van der Waals surface area (Å²) in [6.07, 6.45) is 2.40. The Morgan fingerprint density at radius 2 is 2.35 bits per heavy atom. The van der Waals surface area contributed by atoms with Gasteiger partial charge in [-0.05, 0) is 19.1 Å². The van der Waals surface area contributed by atoms with Crippen molar-refractivity contribution in [3.8, 4) is 5.75 Å². The van der Waals surface area contributed by atoms with Gasteiger partial charge in [-0.25, -0.2) is 4.98 Å². The quantitative estimate of drug-likeness (QED) is 0.901. The highest BCUT2D eigenvalue weighted by Gasteiger charge is 2.14. The van der Waals surface area contributed by atoms with Crippen LogP contribution in [0.5, 0.6) is 5.75 Å². The van der Waals surface area contributed by atoms with Crippen molar-refractivity contribution >= 4 is 11.3 Å². The number of ether oxygens (including phenoxy) is 1. The third kappa shape index (κ3) is 2.81. The fraction of sp³-hybridized carbons (Fsp3) is 0.333. The molecule has 0 amide bonds. The molecule has 1 unspecified atom stereocenters. The molecule has 0 bridgehead atoms. The second-order valence-corrected chi connectivity index (χ2v) is 4.82. The molecule has 0 fully saturated rings. The second-order valence-electron chi connectivity index (χ2n) is 3.76. The number of pyridine rings is 1. The molecule has 0 aliphatic rings. The molecule has 4 nitrogen and oxygen atoms in total. The molecule has 0 aliphatic carbocycles. The van der Waals surface area contributed by atoms with Crippen molar-refractivity contribution in [2.75, 3.05) is 7.11 Å². The summed E-state index contributed by atoms with van der Waals surface area (Å²) < 4.78 is 5.25. The zero-order valence-corrected chi connectivity index (χ0v) is 10.7. The average Bonchev–Trinajstić information content (AvgIpc) is 2.74. The van der Waals surface area contributed by atoms with E-state index in [1.807, 2.05) is 24.4 Å². The number of nitrogens with two attached hydrogens (primary N) is 1. The van der Waals surface area contributed by atoms with Gasteiger partial charge in [-0.2, -0.15) is 0 Å². The molecule has 1 atom stereocenters. The zero-order chi connectivity index (χ0) is 12.3. The molecule has 90 valence electrons. The highest BCUT2D eigenvalue weighted by atomic mass is 32.1. The van der Waals surface area contributed by atoms with Crippen molar-refractivity contribution < 1.29 is 4.74 Å². The molecule has 2 aromatic rings. The van der Waals surface area contributed by atoms with Crippen molar-refractivity contribution in [2.45, 2.75) is 19.4 Å². The predicted octanol–water partition coefficient (Wildman–Crippen LogP) is 2.10. The number of methoxy groups -OCH3 is 1.